The fraction of sp³-hybridized carbons (Fsp3) is 0.231. The number of carbonyl (C=O) groups excluding carboxylic acids is 2. The Labute approximate surface area is 223 Å². The van der Waals surface area contributed by atoms with E-state index in [4.69, 9.17) is 11.6 Å². The van der Waals surface area contributed by atoms with Crippen LogP contribution in [0.4, 0.5) is 37.6 Å². The number of nitrogens with one attached hydrogen (secondary N) is 3. The Bertz CT molecular complexity index is 1340. The first-order valence-corrected chi connectivity index (χ1v) is 12.2. The number of rotatable bonds is 8. The molecular formula is C26H26ClF2N7O2. The summed E-state index contributed by atoms with van der Waals surface area (Å²) in [6.07, 6.45) is 2.55. The quantitative estimate of drug-likeness (QED) is 0.359. The molecule has 0 unspecified atom stereocenters. The summed E-state index contributed by atoms with van der Waals surface area (Å²) in [5, 5.41) is 8.85. The SMILES string of the molecule is C=CC(=O)Nc1cccc(CNc2nc(Nc3cc(F)c(N4CCN(C(C)=O)CC4)c(F)c3)ncc2Cl)c1. The molecule has 3 aromatic rings. The first-order valence-electron chi connectivity index (χ1n) is 11.8. The highest BCUT2D eigenvalue weighted by Crippen LogP contribution is 2.30. The van der Waals surface area contributed by atoms with E-state index in [1.54, 1.807) is 28.0 Å². The second kappa shape index (κ2) is 11.9. The van der Waals surface area contributed by atoms with Crippen molar-refractivity contribution in [3.8, 4) is 0 Å². The number of halogens is 3. The van der Waals surface area contributed by atoms with Crippen LogP contribution in [0.25, 0.3) is 0 Å². The summed E-state index contributed by atoms with van der Waals surface area (Å²) in [7, 11) is 0. The fourth-order valence-electron chi connectivity index (χ4n) is 4.00. The van der Waals surface area contributed by atoms with Gasteiger partial charge in [0.15, 0.2) is 17.5 Å². The minimum absolute atomic E-state index is 0.0625. The lowest BCUT2D eigenvalue weighted by Gasteiger charge is -2.35. The third-order valence-corrected chi connectivity index (χ3v) is 6.17. The topological polar surface area (TPSA) is 102 Å². The summed E-state index contributed by atoms with van der Waals surface area (Å²) in [4.78, 5) is 34.7. The molecule has 0 saturated carbocycles. The van der Waals surface area contributed by atoms with Gasteiger partial charge in [0.2, 0.25) is 17.8 Å². The van der Waals surface area contributed by atoms with Crippen LogP contribution in [-0.4, -0.2) is 52.9 Å². The Morgan fingerprint density at radius 3 is 2.47 bits per heavy atom. The highest BCUT2D eigenvalue weighted by molar-refractivity contribution is 6.32. The molecule has 1 aromatic heterocycles. The van der Waals surface area contributed by atoms with E-state index in [1.165, 1.54) is 31.3 Å². The average molecular weight is 542 g/mol. The third-order valence-electron chi connectivity index (χ3n) is 5.90. The largest absolute Gasteiger partial charge is 0.365 e. The fourth-order valence-corrected chi connectivity index (χ4v) is 4.16. The van der Waals surface area contributed by atoms with Crippen molar-refractivity contribution in [1.82, 2.24) is 14.9 Å². The van der Waals surface area contributed by atoms with Gasteiger partial charge in [-0.1, -0.05) is 30.3 Å². The van der Waals surface area contributed by atoms with Crippen LogP contribution < -0.4 is 20.9 Å². The molecule has 1 saturated heterocycles. The molecule has 0 aliphatic carbocycles. The smallest absolute Gasteiger partial charge is 0.247 e. The molecule has 2 heterocycles. The van der Waals surface area contributed by atoms with E-state index in [2.05, 4.69) is 32.5 Å². The predicted molar refractivity (Wildman–Crippen MR) is 144 cm³/mol. The van der Waals surface area contributed by atoms with E-state index in [9.17, 15) is 18.4 Å². The molecule has 0 bridgehead atoms. The van der Waals surface area contributed by atoms with E-state index in [-0.39, 0.29) is 34.2 Å². The van der Waals surface area contributed by atoms with Crippen LogP contribution in [0.1, 0.15) is 12.5 Å². The summed E-state index contributed by atoms with van der Waals surface area (Å²) in [5.74, 6) is -1.45. The van der Waals surface area contributed by atoms with E-state index >= 15 is 0 Å². The van der Waals surface area contributed by atoms with Gasteiger partial charge in [0.05, 0.1) is 6.20 Å². The molecule has 198 valence electrons. The van der Waals surface area contributed by atoms with Crippen LogP contribution in [0.2, 0.25) is 5.02 Å². The third kappa shape index (κ3) is 6.54. The van der Waals surface area contributed by atoms with Gasteiger partial charge in [-0.25, -0.2) is 13.8 Å². The van der Waals surface area contributed by atoms with Crippen molar-refractivity contribution >= 4 is 52.2 Å². The Morgan fingerprint density at radius 2 is 1.82 bits per heavy atom. The van der Waals surface area contributed by atoms with E-state index in [0.717, 1.165) is 5.56 Å². The average Bonchev–Trinajstić information content (AvgIpc) is 2.89. The second-order valence-corrected chi connectivity index (χ2v) is 8.95. The molecule has 38 heavy (non-hydrogen) atoms. The van der Waals surface area contributed by atoms with Crippen LogP contribution in [-0.2, 0) is 16.1 Å². The summed E-state index contributed by atoms with van der Waals surface area (Å²) in [6.45, 7) is 6.70. The molecule has 9 nitrogen and oxygen atoms in total. The zero-order chi connectivity index (χ0) is 27.2. The van der Waals surface area contributed by atoms with E-state index in [1.807, 2.05) is 6.07 Å². The number of amides is 2. The van der Waals surface area contributed by atoms with E-state index in [0.29, 0.717) is 44.2 Å². The number of carbonyl (C=O) groups is 2. The molecule has 0 spiro atoms. The Morgan fingerprint density at radius 1 is 1.11 bits per heavy atom. The highest BCUT2D eigenvalue weighted by Gasteiger charge is 2.24. The standard InChI is InChI=1S/C26H26ClF2N7O2/c1-3-23(38)32-18-6-4-5-17(11-18)14-30-25-20(27)15-31-26(34-25)33-19-12-21(28)24(22(29)13-19)36-9-7-35(8-10-36)16(2)37/h3-6,11-13,15H,1,7-10,14H2,2H3,(H,32,38)(H2,30,31,33,34). The molecule has 2 aromatic carbocycles. The lowest BCUT2D eigenvalue weighted by molar-refractivity contribution is -0.129. The van der Waals surface area contributed by atoms with Gasteiger partial charge < -0.3 is 25.8 Å². The van der Waals surface area contributed by atoms with Gasteiger partial charge in [0.1, 0.15) is 10.7 Å². The van der Waals surface area contributed by atoms with Gasteiger partial charge in [-0.3, -0.25) is 9.59 Å². The molecule has 12 heteroatoms. The van der Waals surface area contributed by atoms with Gasteiger partial charge >= 0.3 is 0 Å². The maximum atomic E-state index is 14.9. The van der Waals surface area contributed by atoms with Crippen molar-refractivity contribution < 1.29 is 18.4 Å². The van der Waals surface area contributed by atoms with Crippen molar-refractivity contribution in [3.05, 3.63) is 77.5 Å². The number of benzene rings is 2. The number of hydrogen-bond acceptors (Lipinski definition) is 7. The second-order valence-electron chi connectivity index (χ2n) is 8.54. The van der Waals surface area contributed by atoms with Gasteiger partial charge in [0, 0.05) is 51.0 Å². The normalized spacial score (nSPS) is 13.2. The molecular weight excluding hydrogens is 516 g/mol. The highest BCUT2D eigenvalue weighted by atomic mass is 35.5. The van der Waals surface area contributed by atoms with Crippen molar-refractivity contribution in [2.75, 3.05) is 47.0 Å². The lowest BCUT2D eigenvalue weighted by atomic mass is 10.2. The molecule has 4 rings (SSSR count). The maximum Gasteiger partial charge on any atom is 0.247 e. The van der Waals surface area contributed by atoms with Gasteiger partial charge in [-0.05, 0) is 35.9 Å². The minimum atomic E-state index is -0.737. The molecule has 0 atom stereocenters. The Kier molecular flexibility index (Phi) is 8.37. The summed E-state index contributed by atoms with van der Waals surface area (Å²) < 4.78 is 29.9. The maximum absolute atomic E-state index is 14.9. The molecule has 1 aliphatic heterocycles. The number of aromatic nitrogens is 2. The number of hydrogen-bond donors (Lipinski definition) is 3. The van der Waals surface area contributed by atoms with Crippen LogP contribution >= 0.6 is 11.6 Å². The zero-order valence-electron chi connectivity index (χ0n) is 20.6. The molecule has 3 N–H and O–H groups in total. The molecule has 0 radical (unpaired) electrons. The monoisotopic (exact) mass is 541 g/mol. The first-order chi connectivity index (χ1) is 18.2. The molecule has 1 fully saturated rings. The van der Waals surface area contributed by atoms with Gasteiger partial charge in [-0.15, -0.1) is 0 Å². The van der Waals surface area contributed by atoms with Crippen LogP contribution in [0.3, 0.4) is 0 Å². The molecule has 2 amide bonds. The van der Waals surface area contributed by atoms with Gasteiger partial charge in [-0.2, -0.15) is 4.98 Å². The van der Waals surface area contributed by atoms with Crippen molar-refractivity contribution in [3.63, 3.8) is 0 Å². The van der Waals surface area contributed by atoms with Gasteiger partial charge in [0.25, 0.3) is 0 Å². The lowest BCUT2D eigenvalue weighted by Crippen LogP contribution is -2.48. The number of nitrogens with zero attached hydrogens (tertiary/aromatic N) is 4. The zero-order valence-corrected chi connectivity index (χ0v) is 21.4. The van der Waals surface area contributed by atoms with Crippen LogP contribution in [0.15, 0.2) is 55.3 Å². The van der Waals surface area contributed by atoms with E-state index < -0.39 is 11.6 Å². The first kappa shape index (κ1) is 26.8. The summed E-state index contributed by atoms with van der Waals surface area (Å²) in [5.41, 5.74) is 1.45. The summed E-state index contributed by atoms with van der Waals surface area (Å²) >= 11 is 6.24. The number of piperazine rings is 1. The number of anilines is 5. The Balaban J connectivity index is 1.44. The minimum Gasteiger partial charge on any atom is -0.365 e. The van der Waals surface area contributed by atoms with Crippen molar-refractivity contribution in [2.24, 2.45) is 0 Å². The van der Waals surface area contributed by atoms with Crippen LogP contribution in [0.5, 0.6) is 0 Å². The van der Waals surface area contributed by atoms with Crippen molar-refractivity contribution in [1.29, 1.82) is 0 Å². The summed E-state index contributed by atoms with van der Waals surface area (Å²) in [6, 6.07) is 9.53. The van der Waals surface area contributed by atoms with Crippen molar-refractivity contribution in [2.45, 2.75) is 13.5 Å². The Hall–Kier alpha value is -4.25. The molecule has 1 aliphatic rings. The van der Waals surface area contributed by atoms with Crippen LogP contribution in [0, 0.1) is 11.6 Å². The predicted octanol–water partition coefficient (Wildman–Crippen LogP) is 4.56.